The maximum Gasteiger partial charge on any atom is 0.148 e. The Morgan fingerprint density at radius 2 is 1.94 bits per heavy atom. The van der Waals surface area contributed by atoms with Gasteiger partial charge in [0.1, 0.15) is 9.84 Å². The Bertz CT molecular complexity index is 290. The lowest BCUT2D eigenvalue weighted by Gasteiger charge is -2.24. The molecule has 2 unspecified atom stereocenters. The van der Waals surface area contributed by atoms with Gasteiger partial charge in [-0.25, -0.2) is 8.42 Å². The second kappa shape index (κ2) is 6.87. The molecule has 1 saturated carbocycles. The molecule has 5 heteroatoms. The van der Waals surface area contributed by atoms with Crippen LogP contribution in [0.4, 0.5) is 0 Å². The summed E-state index contributed by atoms with van der Waals surface area (Å²) in [5, 5.41) is 3.96. The van der Waals surface area contributed by atoms with Gasteiger partial charge in [0, 0.05) is 23.3 Å². The minimum absolute atomic E-state index is 0.310. The van der Waals surface area contributed by atoms with Crippen LogP contribution < -0.4 is 5.32 Å². The van der Waals surface area contributed by atoms with Crippen molar-refractivity contribution in [3.63, 3.8) is 0 Å². The van der Waals surface area contributed by atoms with Crippen molar-refractivity contribution in [1.82, 2.24) is 5.32 Å². The molecule has 0 aromatic heterocycles. The number of rotatable bonds is 5. The first kappa shape index (κ1) is 14.3. The highest BCUT2D eigenvalue weighted by atomic mass is 32.2. The fourth-order valence-electron chi connectivity index (χ4n) is 2.15. The van der Waals surface area contributed by atoms with Gasteiger partial charge in [-0.15, -0.1) is 0 Å². The van der Waals surface area contributed by atoms with E-state index in [1.807, 2.05) is 18.8 Å². The SMILES string of the molecule is CNC1CCCCCC1SCCS(C)(=O)=O. The number of sulfone groups is 1. The van der Waals surface area contributed by atoms with Crippen molar-refractivity contribution in [2.75, 3.05) is 24.8 Å². The summed E-state index contributed by atoms with van der Waals surface area (Å²) in [7, 11) is -0.785. The van der Waals surface area contributed by atoms with Gasteiger partial charge in [-0.2, -0.15) is 11.8 Å². The van der Waals surface area contributed by atoms with Crippen molar-refractivity contribution in [1.29, 1.82) is 0 Å². The molecule has 3 nitrogen and oxygen atoms in total. The molecular weight excluding hydrogens is 242 g/mol. The average Bonchev–Trinajstić information content (AvgIpc) is 2.41. The predicted molar refractivity (Wildman–Crippen MR) is 71.9 cm³/mol. The van der Waals surface area contributed by atoms with Gasteiger partial charge >= 0.3 is 0 Å². The van der Waals surface area contributed by atoms with E-state index in [2.05, 4.69) is 5.32 Å². The third-order valence-corrected chi connectivity index (χ3v) is 5.75. The van der Waals surface area contributed by atoms with Crippen LogP contribution in [0.5, 0.6) is 0 Å². The van der Waals surface area contributed by atoms with E-state index in [0.717, 1.165) is 5.75 Å². The first-order valence-electron chi connectivity index (χ1n) is 5.99. The monoisotopic (exact) mass is 265 g/mol. The van der Waals surface area contributed by atoms with E-state index < -0.39 is 9.84 Å². The highest BCUT2D eigenvalue weighted by Gasteiger charge is 2.22. The lowest BCUT2D eigenvalue weighted by Crippen LogP contribution is -2.35. The fraction of sp³-hybridized carbons (Fsp3) is 1.00. The Kier molecular flexibility index (Phi) is 6.15. The van der Waals surface area contributed by atoms with Crippen molar-refractivity contribution in [3.8, 4) is 0 Å². The highest BCUT2D eigenvalue weighted by Crippen LogP contribution is 2.27. The van der Waals surface area contributed by atoms with Crippen LogP contribution in [0.1, 0.15) is 32.1 Å². The Hall–Kier alpha value is 0.260. The molecule has 96 valence electrons. The average molecular weight is 265 g/mol. The van der Waals surface area contributed by atoms with Crippen LogP contribution in [0.2, 0.25) is 0 Å². The van der Waals surface area contributed by atoms with Crippen LogP contribution in [0.15, 0.2) is 0 Å². The largest absolute Gasteiger partial charge is 0.316 e. The first-order valence-corrected chi connectivity index (χ1v) is 9.10. The van der Waals surface area contributed by atoms with E-state index in [0.29, 0.717) is 17.0 Å². The molecule has 0 aliphatic heterocycles. The summed E-state index contributed by atoms with van der Waals surface area (Å²) in [5.74, 6) is 1.05. The number of hydrogen-bond donors (Lipinski definition) is 1. The van der Waals surface area contributed by atoms with Crippen molar-refractivity contribution >= 4 is 21.6 Å². The summed E-state index contributed by atoms with van der Waals surface area (Å²) in [6.45, 7) is 0. The maximum atomic E-state index is 11.1. The molecule has 1 rings (SSSR count). The van der Waals surface area contributed by atoms with Crippen molar-refractivity contribution in [3.05, 3.63) is 0 Å². The van der Waals surface area contributed by atoms with E-state index in [1.165, 1.54) is 38.4 Å². The zero-order valence-electron chi connectivity index (χ0n) is 10.2. The van der Waals surface area contributed by atoms with Crippen molar-refractivity contribution in [2.24, 2.45) is 0 Å². The quantitative estimate of drug-likeness (QED) is 0.768. The molecule has 0 amide bonds. The second-order valence-corrected chi connectivity index (χ2v) is 8.18. The summed E-state index contributed by atoms with van der Waals surface area (Å²) in [6, 6.07) is 0.562. The summed E-state index contributed by atoms with van der Waals surface area (Å²) < 4.78 is 22.1. The molecule has 0 radical (unpaired) electrons. The second-order valence-electron chi connectivity index (χ2n) is 4.57. The van der Waals surface area contributed by atoms with Gasteiger partial charge in [-0.3, -0.25) is 0 Å². The predicted octanol–water partition coefficient (Wildman–Crippen LogP) is 1.68. The highest BCUT2D eigenvalue weighted by molar-refractivity contribution is 8.01. The van der Waals surface area contributed by atoms with Gasteiger partial charge < -0.3 is 5.32 Å². The molecule has 1 fully saturated rings. The minimum Gasteiger partial charge on any atom is -0.316 e. The van der Waals surface area contributed by atoms with Crippen LogP contribution in [0.3, 0.4) is 0 Å². The number of thioether (sulfide) groups is 1. The third-order valence-electron chi connectivity index (χ3n) is 3.11. The van der Waals surface area contributed by atoms with Crippen LogP contribution in [-0.2, 0) is 9.84 Å². The Morgan fingerprint density at radius 1 is 1.25 bits per heavy atom. The van der Waals surface area contributed by atoms with Crippen LogP contribution in [-0.4, -0.2) is 44.5 Å². The van der Waals surface area contributed by atoms with E-state index in [-0.39, 0.29) is 0 Å². The van der Waals surface area contributed by atoms with Gasteiger partial charge in [0.25, 0.3) is 0 Å². The van der Waals surface area contributed by atoms with E-state index in [9.17, 15) is 8.42 Å². The van der Waals surface area contributed by atoms with Crippen molar-refractivity contribution in [2.45, 2.75) is 43.4 Å². The fourth-order valence-corrected chi connectivity index (χ4v) is 4.89. The molecule has 16 heavy (non-hydrogen) atoms. The zero-order chi connectivity index (χ0) is 12.0. The van der Waals surface area contributed by atoms with Gasteiger partial charge in [-0.05, 0) is 19.9 Å². The summed E-state index contributed by atoms with van der Waals surface area (Å²) in [4.78, 5) is 0. The summed E-state index contributed by atoms with van der Waals surface area (Å²) in [5.41, 5.74) is 0. The standard InChI is InChI=1S/C11H23NO2S2/c1-12-10-6-4-3-5-7-11(10)15-8-9-16(2,13)14/h10-12H,3-9H2,1-2H3. The molecule has 1 aliphatic carbocycles. The lowest BCUT2D eigenvalue weighted by molar-refractivity contribution is 0.510. The molecule has 2 atom stereocenters. The summed E-state index contributed by atoms with van der Waals surface area (Å²) in [6.07, 6.45) is 7.67. The topological polar surface area (TPSA) is 46.2 Å². The van der Waals surface area contributed by atoms with Crippen molar-refractivity contribution < 1.29 is 8.42 Å². The molecule has 1 aliphatic rings. The molecule has 1 N–H and O–H groups in total. The van der Waals surface area contributed by atoms with Gasteiger partial charge in [0.05, 0.1) is 5.75 Å². The molecule has 0 bridgehead atoms. The lowest BCUT2D eigenvalue weighted by atomic mass is 10.1. The molecule has 0 aromatic carbocycles. The Balaban J connectivity index is 2.37. The minimum atomic E-state index is -2.80. The van der Waals surface area contributed by atoms with Gasteiger partial charge in [0.2, 0.25) is 0 Å². The van der Waals surface area contributed by atoms with Gasteiger partial charge in [-0.1, -0.05) is 19.3 Å². The molecular formula is C11H23NO2S2. The first-order chi connectivity index (χ1) is 7.53. The molecule has 0 saturated heterocycles. The maximum absolute atomic E-state index is 11.1. The van der Waals surface area contributed by atoms with Crippen LogP contribution in [0.25, 0.3) is 0 Å². The van der Waals surface area contributed by atoms with E-state index in [1.54, 1.807) is 0 Å². The molecule has 0 spiro atoms. The van der Waals surface area contributed by atoms with E-state index >= 15 is 0 Å². The third kappa shape index (κ3) is 5.55. The summed E-state index contributed by atoms with van der Waals surface area (Å²) >= 11 is 1.83. The molecule has 0 aromatic rings. The van der Waals surface area contributed by atoms with Gasteiger partial charge in [0.15, 0.2) is 0 Å². The zero-order valence-corrected chi connectivity index (χ0v) is 11.9. The Morgan fingerprint density at radius 3 is 2.56 bits per heavy atom. The van der Waals surface area contributed by atoms with Crippen LogP contribution >= 0.6 is 11.8 Å². The molecule has 0 heterocycles. The Labute approximate surface area is 104 Å². The smallest absolute Gasteiger partial charge is 0.148 e. The normalized spacial score (nSPS) is 27.6. The number of nitrogens with one attached hydrogen (secondary N) is 1. The van der Waals surface area contributed by atoms with Crippen LogP contribution in [0, 0.1) is 0 Å². The van der Waals surface area contributed by atoms with E-state index in [4.69, 9.17) is 0 Å². The number of hydrogen-bond acceptors (Lipinski definition) is 4.